The molecular formula is C9H9N3O2S. The highest BCUT2D eigenvalue weighted by Gasteiger charge is 2.09. The topological polar surface area (TPSA) is 68.0 Å². The first-order valence-electron chi connectivity index (χ1n) is 4.29. The smallest absolute Gasteiger partial charge is 0.310 e. The highest BCUT2D eigenvalue weighted by atomic mass is 32.1. The molecule has 0 unspecified atom stereocenters. The van der Waals surface area contributed by atoms with E-state index in [1.165, 1.54) is 11.3 Å². The number of aromatic nitrogens is 3. The SMILES string of the molecule is Cn1cncc1-c1csc(CC(=O)O)n1. The minimum Gasteiger partial charge on any atom is -0.481 e. The van der Waals surface area contributed by atoms with Crippen LogP contribution in [0.4, 0.5) is 0 Å². The van der Waals surface area contributed by atoms with Gasteiger partial charge in [0.05, 0.1) is 30.3 Å². The second kappa shape index (κ2) is 3.82. The van der Waals surface area contributed by atoms with Crippen molar-refractivity contribution in [1.29, 1.82) is 0 Å². The Morgan fingerprint density at radius 3 is 3.07 bits per heavy atom. The number of carboxylic acid groups (broad SMARTS) is 1. The van der Waals surface area contributed by atoms with Gasteiger partial charge >= 0.3 is 5.97 Å². The van der Waals surface area contributed by atoms with Crippen LogP contribution in [-0.4, -0.2) is 25.6 Å². The minimum absolute atomic E-state index is 0.0253. The van der Waals surface area contributed by atoms with Crippen molar-refractivity contribution >= 4 is 17.3 Å². The molecule has 0 bridgehead atoms. The molecular weight excluding hydrogens is 214 g/mol. The van der Waals surface area contributed by atoms with Gasteiger partial charge in [0.2, 0.25) is 0 Å². The third-order valence-corrected chi connectivity index (χ3v) is 2.78. The Labute approximate surface area is 90.0 Å². The quantitative estimate of drug-likeness (QED) is 0.848. The van der Waals surface area contributed by atoms with Crippen LogP contribution < -0.4 is 0 Å². The van der Waals surface area contributed by atoms with Gasteiger partial charge in [0, 0.05) is 12.4 Å². The van der Waals surface area contributed by atoms with Crippen molar-refractivity contribution in [3.63, 3.8) is 0 Å². The number of thiazole rings is 1. The molecule has 0 amide bonds. The summed E-state index contributed by atoms with van der Waals surface area (Å²) in [7, 11) is 1.87. The Morgan fingerprint density at radius 1 is 1.67 bits per heavy atom. The summed E-state index contributed by atoms with van der Waals surface area (Å²) >= 11 is 1.35. The average Bonchev–Trinajstić information content (AvgIpc) is 2.72. The van der Waals surface area contributed by atoms with Crippen molar-refractivity contribution in [3.8, 4) is 11.4 Å². The second-order valence-corrected chi connectivity index (χ2v) is 4.03. The summed E-state index contributed by atoms with van der Waals surface area (Å²) in [5.74, 6) is -0.860. The maximum absolute atomic E-state index is 10.5. The van der Waals surface area contributed by atoms with E-state index in [0.717, 1.165) is 11.4 Å². The van der Waals surface area contributed by atoms with Gasteiger partial charge in [0.1, 0.15) is 5.01 Å². The van der Waals surface area contributed by atoms with E-state index in [1.54, 1.807) is 12.5 Å². The zero-order valence-corrected chi connectivity index (χ0v) is 8.86. The monoisotopic (exact) mass is 223 g/mol. The molecule has 0 atom stereocenters. The van der Waals surface area contributed by atoms with Gasteiger partial charge in [-0.05, 0) is 0 Å². The van der Waals surface area contributed by atoms with Crippen molar-refractivity contribution in [1.82, 2.24) is 14.5 Å². The molecule has 2 heterocycles. The third kappa shape index (κ3) is 2.04. The summed E-state index contributed by atoms with van der Waals surface area (Å²) in [6, 6.07) is 0. The van der Waals surface area contributed by atoms with Gasteiger partial charge in [0.15, 0.2) is 0 Å². The largest absolute Gasteiger partial charge is 0.481 e. The molecule has 6 heteroatoms. The predicted octanol–water partition coefficient (Wildman–Crippen LogP) is 1.17. The maximum Gasteiger partial charge on any atom is 0.310 e. The second-order valence-electron chi connectivity index (χ2n) is 3.09. The molecule has 0 spiro atoms. The van der Waals surface area contributed by atoms with E-state index < -0.39 is 5.97 Å². The van der Waals surface area contributed by atoms with E-state index in [0.29, 0.717) is 5.01 Å². The molecule has 15 heavy (non-hydrogen) atoms. The van der Waals surface area contributed by atoms with Gasteiger partial charge in [-0.25, -0.2) is 9.97 Å². The molecule has 0 aliphatic heterocycles. The van der Waals surface area contributed by atoms with Crippen LogP contribution in [0.3, 0.4) is 0 Å². The van der Waals surface area contributed by atoms with E-state index in [2.05, 4.69) is 9.97 Å². The van der Waals surface area contributed by atoms with E-state index in [-0.39, 0.29) is 6.42 Å². The summed E-state index contributed by atoms with van der Waals surface area (Å²) < 4.78 is 1.85. The van der Waals surface area contributed by atoms with Crippen molar-refractivity contribution in [2.45, 2.75) is 6.42 Å². The number of hydrogen-bond donors (Lipinski definition) is 1. The summed E-state index contributed by atoms with van der Waals surface area (Å²) in [5, 5.41) is 11.1. The number of nitrogens with zero attached hydrogens (tertiary/aromatic N) is 3. The molecule has 78 valence electrons. The molecule has 1 N–H and O–H groups in total. The number of carboxylic acids is 1. The van der Waals surface area contributed by atoms with Gasteiger partial charge < -0.3 is 9.67 Å². The molecule has 2 aromatic rings. The normalized spacial score (nSPS) is 10.5. The van der Waals surface area contributed by atoms with Crippen LogP contribution in [0.5, 0.6) is 0 Å². The number of imidazole rings is 1. The average molecular weight is 223 g/mol. The summed E-state index contributed by atoms with van der Waals surface area (Å²) in [4.78, 5) is 18.7. The standard InChI is InChI=1S/C9H9N3O2S/c1-12-5-10-3-7(12)6-4-15-8(11-6)2-9(13)14/h3-5H,2H2,1H3,(H,13,14). The van der Waals surface area contributed by atoms with Crippen LogP contribution in [0.1, 0.15) is 5.01 Å². The Balaban J connectivity index is 2.28. The molecule has 0 aliphatic carbocycles. The lowest BCUT2D eigenvalue weighted by molar-refractivity contribution is -0.136. The molecule has 2 rings (SSSR count). The highest BCUT2D eigenvalue weighted by Crippen LogP contribution is 2.21. The number of hydrogen-bond acceptors (Lipinski definition) is 4. The number of carbonyl (C=O) groups is 1. The van der Waals surface area contributed by atoms with Crippen molar-refractivity contribution in [2.24, 2.45) is 7.05 Å². The van der Waals surface area contributed by atoms with Crippen LogP contribution in [0, 0.1) is 0 Å². The summed E-state index contributed by atoms with van der Waals surface area (Å²) in [6.45, 7) is 0. The molecule has 0 aromatic carbocycles. The fourth-order valence-corrected chi connectivity index (χ4v) is 2.02. The van der Waals surface area contributed by atoms with Crippen LogP contribution in [0.15, 0.2) is 17.9 Å². The summed E-state index contributed by atoms with van der Waals surface area (Å²) in [5.41, 5.74) is 1.67. The molecule has 0 fully saturated rings. The zero-order valence-electron chi connectivity index (χ0n) is 8.04. The first-order valence-corrected chi connectivity index (χ1v) is 5.17. The fourth-order valence-electron chi connectivity index (χ4n) is 1.24. The van der Waals surface area contributed by atoms with Crippen molar-refractivity contribution < 1.29 is 9.90 Å². The molecule has 5 nitrogen and oxygen atoms in total. The Bertz CT molecular complexity index is 489. The van der Waals surface area contributed by atoms with Gasteiger partial charge in [-0.2, -0.15) is 0 Å². The lowest BCUT2D eigenvalue weighted by atomic mass is 10.3. The van der Waals surface area contributed by atoms with E-state index in [4.69, 9.17) is 5.11 Å². The van der Waals surface area contributed by atoms with Gasteiger partial charge in [-0.1, -0.05) is 0 Å². The van der Waals surface area contributed by atoms with Gasteiger partial charge in [-0.15, -0.1) is 11.3 Å². The maximum atomic E-state index is 10.5. The van der Waals surface area contributed by atoms with Crippen LogP contribution in [0.25, 0.3) is 11.4 Å². The molecule has 0 saturated carbocycles. The first-order chi connectivity index (χ1) is 7.16. The van der Waals surface area contributed by atoms with Crippen molar-refractivity contribution in [3.05, 3.63) is 22.9 Å². The van der Waals surface area contributed by atoms with Gasteiger partial charge in [-0.3, -0.25) is 4.79 Å². The zero-order chi connectivity index (χ0) is 10.8. The lowest BCUT2D eigenvalue weighted by Gasteiger charge is -1.95. The highest BCUT2D eigenvalue weighted by molar-refractivity contribution is 7.10. The molecule has 2 aromatic heterocycles. The lowest BCUT2D eigenvalue weighted by Crippen LogP contribution is -1.99. The molecule has 0 aliphatic rings. The van der Waals surface area contributed by atoms with E-state index in [9.17, 15) is 4.79 Å². The third-order valence-electron chi connectivity index (χ3n) is 1.93. The number of aryl methyl sites for hydroxylation is 1. The van der Waals surface area contributed by atoms with E-state index >= 15 is 0 Å². The minimum atomic E-state index is -0.860. The molecule has 0 radical (unpaired) electrons. The van der Waals surface area contributed by atoms with Crippen LogP contribution in [0.2, 0.25) is 0 Å². The predicted molar refractivity (Wildman–Crippen MR) is 55.7 cm³/mol. The Hall–Kier alpha value is -1.69. The van der Waals surface area contributed by atoms with Crippen molar-refractivity contribution in [2.75, 3.05) is 0 Å². The van der Waals surface area contributed by atoms with Crippen LogP contribution >= 0.6 is 11.3 Å². The Morgan fingerprint density at radius 2 is 2.47 bits per heavy atom. The molecule has 0 saturated heterocycles. The number of aliphatic carboxylic acids is 1. The fraction of sp³-hybridized carbons (Fsp3) is 0.222. The van der Waals surface area contributed by atoms with Crippen LogP contribution in [-0.2, 0) is 18.3 Å². The van der Waals surface area contributed by atoms with Gasteiger partial charge in [0.25, 0.3) is 0 Å². The number of rotatable bonds is 3. The first kappa shape index (κ1) is 9.85. The van der Waals surface area contributed by atoms with E-state index in [1.807, 2.05) is 17.0 Å². The Kier molecular flexibility index (Phi) is 2.51. The summed E-state index contributed by atoms with van der Waals surface area (Å²) in [6.07, 6.45) is 3.37.